The van der Waals surface area contributed by atoms with E-state index in [1.165, 1.54) is 6.07 Å². The molecule has 1 fully saturated rings. The predicted octanol–water partition coefficient (Wildman–Crippen LogP) is 0.275. The summed E-state index contributed by atoms with van der Waals surface area (Å²) in [4.78, 5) is 26.0. The molecule has 1 aromatic carbocycles. The standard InChI is InChI=1S/C19H28BN3O5/c21-8-11-23-9-6-13(7-10-23)4-5-17(24)22-16-12-14-2-1-3-15(19(25)26)18(14)28-20(16)27/h1-3,13,16,27H,4-12,21H2,(H,22,24)(H,25,26). The molecular formula is C19H28BN3O5. The Hall–Kier alpha value is -2.10. The number of aromatic carboxylic acids is 1. The highest BCUT2D eigenvalue weighted by atomic mass is 16.5. The van der Waals surface area contributed by atoms with Gasteiger partial charge >= 0.3 is 13.1 Å². The Morgan fingerprint density at radius 1 is 1.32 bits per heavy atom. The molecule has 0 aliphatic carbocycles. The van der Waals surface area contributed by atoms with Crippen molar-refractivity contribution in [2.24, 2.45) is 11.7 Å². The smallest absolute Gasteiger partial charge is 0.534 e. The van der Waals surface area contributed by atoms with Crippen molar-refractivity contribution in [1.82, 2.24) is 10.2 Å². The summed E-state index contributed by atoms with van der Waals surface area (Å²) in [6.07, 6.45) is 3.72. The van der Waals surface area contributed by atoms with Crippen molar-refractivity contribution in [1.29, 1.82) is 0 Å². The number of para-hydroxylation sites is 1. The van der Waals surface area contributed by atoms with Gasteiger partial charge in [-0.15, -0.1) is 0 Å². The molecule has 1 atom stereocenters. The molecule has 0 spiro atoms. The van der Waals surface area contributed by atoms with E-state index in [9.17, 15) is 19.7 Å². The van der Waals surface area contributed by atoms with Gasteiger partial charge in [-0.2, -0.15) is 0 Å². The lowest BCUT2D eigenvalue weighted by Gasteiger charge is -2.32. The lowest BCUT2D eigenvalue weighted by atomic mass is 9.72. The fourth-order valence-electron chi connectivity index (χ4n) is 4.01. The number of hydrogen-bond acceptors (Lipinski definition) is 6. The lowest BCUT2D eigenvalue weighted by molar-refractivity contribution is -0.121. The van der Waals surface area contributed by atoms with Crippen molar-refractivity contribution in [2.75, 3.05) is 26.2 Å². The number of amides is 1. The van der Waals surface area contributed by atoms with Crippen LogP contribution >= 0.6 is 0 Å². The molecule has 1 unspecified atom stereocenters. The van der Waals surface area contributed by atoms with Crippen LogP contribution in [0.3, 0.4) is 0 Å². The van der Waals surface area contributed by atoms with Gasteiger partial charge in [-0.3, -0.25) is 4.79 Å². The molecule has 1 saturated heterocycles. The van der Waals surface area contributed by atoms with Gasteiger partial charge in [-0.1, -0.05) is 12.1 Å². The molecule has 8 nitrogen and oxygen atoms in total. The molecule has 2 heterocycles. The number of benzene rings is 1. The number of carbonyl (C=O) groups excluding carboxylic acids is 1. The van der Waals surface area contributed by atoms with E-state index in [2.05, 4.69) is 10.2 Å². The molecule has 0 aromatic heterocycles. The van der Waals surface area contributed by atoms with Crippen LogP contribution in [0.1, 0.15) is 41.6 Å². The second-order valence-electron chi connectivity index (χ2n) is 7.60. The summed E-state index contributed by atoms with van der Waals surface area (Å²) in [6.45, 7) is 3.66. The number of nitrogens with two attached hydrogens (primary N) is 1. The Morgan fingerprint density at radius 2 is 2.07 bits per heavy atom. The highest BCUT2D eigenvalue weighted by molar-refractivity contribution is 6.47. The van der Waals surface area contributed by atoms with Crippen LogP contribution in [0.2, 0.25) is 0 Å². The first-order chi connectivity index (χ1) is 13.5. The van der Waals surface area contributed by atoms with Gasteiger partial charge in [0.1, 0.15) is 5.75 Å². The van der Waals surface area contributed by atoms with Gasteiger partial charge in [0, 0.05) is 19.5 Å². The minimum absolute atomic E-state index is 0.0160. The summed E-state index contributed by atoms with van der Waals surface area (Å²) in [6, 6.07) is 4.83. The number of rotatable bonds is 7. The number of nitrogens with zero attached hydrogens (tertiary/aromatic N) is 1. The van der Waals surface area contributed by atoms with E-state index in [4.69, 9.17) is 10.4 Å². The number of carbonyl (C=O) groups is 2. The van der Waals surface area contributed by atoms with E-state index < -0.39 is 19.0 Å². The molecule has 2 aliphatic rings. The van der Waals surface area contributed by atoms with E-state index in [0.717, 1.165) is 38.9 Å². The van der Waals surface area contributed by atoms with Crippen molar-refractivity contribution >= 4 is 19.0 Å². The first kappa shape index (κ1) is 20.6. The second kappa shape index (κ2) is 9.40. The summed E-state index contributed by atoms with van der Waals surface area (Å²) in [5, 5.41) is 22.3. The van der Waals surface area contributed by atoms with Gasteiger partial charge in [0.05, 0.1) is 11.5 Å². The summed E-state index contributed by atoms with van der Waals surface area (Å²) < 4.78 is 5.41. The zero-order valence-electron chi connectivity index (χ0n) is 16.0. The van der Waals surface area contributed by atoms with Crippen LogP contribution in [0.4, 0.5) is 0 Å². The Bertz CT molecular complexity index is 709. The number of likely N-dealkylation sites (tertiary alicyclic amines) is 1. The Morgan fingerprint density at radius 3 is 2.75 bits per heavy atom. The van der Waals surface area contributed by atoms with Crippen molar-refractivity contribution in [2.45, 2.75) is 38.0 Å². The van der Waals surface area contributed by atoms with Crippen LogP contribution < -0.4 is 15.7 Å². The van der Waals surface area contributed by atoms with Gasteiger partial charge in [-0.25, -0.2) is 4.79 Å². The Kier molecular flexibility index (Phi) is 6.93. The number of carboxylic acid groups (broad SMARTS) is 1. The maximum atomic E-state index is 12.4. The summed E-state index contributed by atoms with van der Waals surface area (Å²) >= 11 is 0. The van der Waals surface area contributed by atoms with Crippen molar-refractivity contribution < 1.29 is 24.4 Å². The number of hydrogen-bond donors (Lipinski definition) is 4. The quantitative estimate of drug-likeness (QED) is 0.494. The van der Waals surface area contributed by atoms with Gasteiger partial charge in [0.15, 0.2) is 0 Å². The molecule has 0 bridgehead atoms. The van der Waals surface area contributed by atoms with Crippen molar-refractivity contribution in [3.63, 3.8) is 0 Å². The molecular weight excluding hydrogens is 361 g/mol. The van der Waals surface area contributed by atoms with Crippen LogP contribution in [0, 0.1) is 5.92 Å². The molecule has 5 N–H and O–H groups in total. The maximum Gasteiger partial charge on any atom is 0.547 e. The van der Waals surface area contributed by atoms with E-state index in [1.807, 2.05) is 0 Å². The average Bonchev–Trinajstić information content (AvgIpc) is 2.68. The highest BCUT2D eigenvalue weighted by Crippen LogP contribution is 2.30. The minimum Gasteiger partial charge on any atom is -0.534 e. The topological polar surface area (TPSA) is 125 Å². The highest BCUT2D eigenvalue weighted by Gasteiger charge is 2.37. The van der Waals surface area contributed by atoms with Crippen LogP contribution in [0.15, 0.2) is 18.2 Å². The molecule has 28 heavy (non-hydrogen) atoms. The molecule has 1 aromatic rings. The summed E-state index contributed by atoms with van der Waals surface area (Å²) in [5.74, 6) is -1.10. The Labute approximate surface area is 165 Å². The first-order valence-electron chi connectivity index (χ1n) is 9.89. The van der Waals surface area contributed by atoms with Crippen molar-refractivity contribution in [3.8, 4) is 5.75 Å². The van der Waals surface area contributed by atoms with E-state index in [1.54, 1.807) is 12.1 Å². The van der Waals surface area contributed by atoms with Crippen LogP contribution in [-0.2, 0) is 11.2 Å². The molecule has 2 aliphatic heterocycles. The van der Waals surface area contributed by atoms with E-state index in [0.29, 0.717) is 30.9 Å². The minimum atomic E-state index is -1.27. The third-order valence-corrected chi connectivity index (χ3v) is 5.63. The number of nitrogens with one attached hydrogen (secondary N) is 1. The van der Waals surface area contributed by atoms with Gasteiger partial charge in [0.25, 0.3) is 0 Å². The van der Waals surface area contributed by atoms with Gasteiger partial charge in [-0.05, 0) is 56.3 Å². The van der Waals surface area contributed by atoms with Gasteiger partial charge in [0.2, 0.25) is 5.91 Å². The van der Waals surface area contributed by atoms with Crippen molar-refractivity contribution in [3.05, 3.63) is 29.3 Å². The Balaban J connectivity index is 1.48. The fourth-order valence-corrected chi connectivity index (χ4v) is 4.01. The molecule has 9 heteroatoms. The third-order valence-electron chi connectivity index (χ3n) is 5.63. The normalized spacial score (nSPS) is 20.4. The zero-order chi connectivity index (χ0) is 20.1. The van der Waals surface area contributed by atoms with E-state index in [-0.39, 0.29) is 17.2 Å². The molecule has 3 rings (SSSR count). The molecule has 152 valence electrons. The summed E-state index contributed by atoms with van der Waals surface area (Å²) in [5.41, 5.74) is 6.28. The predicted molar refractivity (Wildman–Crippen MR) is 105 cm³/mol. The lowest BCUT2D eigenvalue weighted by Crippen LogP contribution is -2.53. The maximum absolute atomic E-state index is 12.4. The average molecular weight is 389 g/mol. The van der Waals surface area contributed by atoms with Crippen LogP contribution in [0.5, 0.6) is 5.75 Å². The number of carboxylic acids is 1. The van der Waals surface area contributed by atoms with Crippen LogP contribution in [0.25, 0.3) is 0 Å². The van der Waals surface area contributed by atoms with E-state index >= 15 is 0 Å². The third kappa shape index (κ3) is 5.04. The fraction of sp³-hybridized carbons (Fsp3) is 0.579. The van der Waals surface area contributed by atoms with Crippen LogP contribution in [-0.4, -0.2) is 66.1 Å². The number of fused-ring (bicyclic) bond motifs is 1. The second-order valence-corrected chi connectivity index (χ2v) is 7.60. The molecule has 0 saturated carbocycles. The molecule has 1 amide bonds. The zero-order valence-corrected chi connectivity index (χ0v) is 16.0. The summed E-state index contributed by atoms with van der Waals surface area (Å²) in [7, 11) is -1.27. The first-order valence-corrected chi connectivity index (χ1v) is 9.89. The molecule has 0 radical (unpaired) electrons. The van der Waals surface area contributed by atoms with Gasteiger partial charge < -0.3 is 30.7 Å². The SMILES string of the molecule is NCCN1CCC(CCC(=O)NC2Cc3cccc(C(=O)O)c3OB2O)CC1. The largest absolute Gasteiger partial charge is 0.547 e. The monoisotopic (exact) mass is 389 g/mol. The number of piperidine rings is 1.